The van der Waals surface area contributed by atoms with E-state index in [0.717, 1.165) is 5.56 Å². The van der Waals surface area contributed by atoms with E-state index in [1.54, 1.807) is 55.1 Å². The summed E-state index contributed by atoms with van der Waals surface area (Å²) in [7, 11) is 6.25. The van der Waals surface area contributed by atoms with Crippen LogP contribution in [0.1, 0.15) is 105 Å². The van der Waals surface area contributed by atoms with E-state index in [1.807, 2.05) is 47.6 Å². The van der Waals surface area contributed by atoms with Crippen LogP contribution in [0, 0.1) is 23.7 Å². The van der Waals surface area contributed by atoms with Crippen LogP contribution in [-0.2, 0) is 49.5 Å². The number of rotatable bonds is 28. The number of carbonyl (C=O) groups is 7. The van der Waals surface area contributed by atoms with Gasteiger partial charge in [0.25, 0.3) is 0 Å². The lowest BCUT2D eigenvalue weighted by Crippen LogP contribution is -2.60. The molecule has 1 aromatic rings. The molecule has 4 N–H and O–H groups in total. The zero-order valence-corrected chi connectivity index (χ0v) is 40.3. The van der Waals surface area contributed by atoms with Crippen molar-refractivity contribution in [3.63, 3.8) is 0 Å². The lowest BCUT2D eigenvalue weighted by molar-refractivity contribution is -0.149. The normalized spacial score (nSPS) is 17.6. The number of unbranched alkanes of at least 4 members (excludes halogenated alkanes) is 2. The van der Waals surface area contributed by atoms with Crippen molar-refractivity contribution in [3.8, 4) is 0 Å². The third-order valence-electron chi connectivity index (χ3n) is 12.6. The van der Waals surface area contributed by atoms with Crippen LogP contribution >= 0.6 is 0 Å². The minimum Gasteiger partial charge on any atom is -0.480 e. The molecule has 9 atom stereocenters. The first kappa shape index (κ1) is 55.3. The van der Waals surface area contributed by atoms with E-state index in [9.17, 15) is 38.7 Å². The van der Waals surface area contributed by atoms with E-state index in [1.165, 1.54) is 25.2 Å². The van der Waals surface area contributed by atoms with Gasteiger partial charge in [-0.2, -0.15) is 0 Å². The Balaban J connectivity index is 2.23. The van der Waals surface area contributed by atoms with Crippen molar-refractivity contribution < 1.29 is 48.1 Å². The molecule has 1 fully saturated rings. The Morgan fingerprint density at radius 3 is 2.09 bits per heavy atom. The molecule has 16 heteroatoms. The number of ether oxygens (including phenoxy) is 2. The maximum atomic E-state index is 14.5. The number of hydrogen-bond acceptors (Lipinski definition) is 9. The third-order valence-corrected chi connectivity index (χ3v) is 12.6. The highest BCUT2D eigenvalue weighted by Gasteiger charge is 2.43. The average Bonchev–Trinajstić information content (AvgIpc) is 3.75. The summed E-state index contributed by atoms with van der Waals surface area (Å²) in [6, 6.07) is 5.08. The number of likely N-dealkylation sites (N-methyl/N-ethyl adjacent to an activating group) is 2. The Morgan fingerprint density at radius 2 is 1.55 bits per heavy atom. The number of nitrogens with one attached hydrogen (secondary N) is 3. The number of nitrogens with zero attached hydrogens (tertiary/aromatic N) is 3. The van der Waals surface area contributed by atoms with Crippen molar-refractivity contribution in [2.24, 2.45) is 23.7 Å². The highest BCUT2D eigenvalue weighted by Crippen LogP contribution is 2.30. The van der Waals surface area contributed by atoms with Crippen molar-refractivity contribution >= 4 is 41.4 Å². The fourth-order valence-corrected chi connectivity index (χ4v) is 8.75. The van der Waals surface area contributed by atoms with Gasteiger partial charge >= 0.3 is 5.97 Å². The summed E-state index contributed by atoms with van der Waals surface area (Å²) in [5, 5.41) is 18.3. The number of carboxylic acids is 1. The monoisotopic (exact) mass is 899 g/mol. The Labute approximate surface area is 381 Å². The van der Waals surface area contributed by atoms with Crippen molar-refractivity contribution in [2.75, 3.05) is 41.4 Å². The molecular formula is C48H78N6O10. The van der Waals surface area contributed by atoms with Gasteiger partial charge in [0, 0.05) is 54.2 Å². The van der Waals surface area contributed by atoms with Crippen LogP contribution in [0.3, 0.4) is 0 Å². The van der Waals surface area contributed by atoms with Crippen molar-refractivity contribution in [1.82, 2.24) is 30.7 Å². The maximum absolute atomic E-state index is 14.5. The number of likely N-dealkylation sites (tertiary alicyclic amines) is 1. The fraction of sp³-hybridized carbons (Fsp3) is 0.688. The number of amides is 6. The predicted molar refractivity (Wildman–Crippen MR) is 246 cm³/mol. The molecule has 0 radical (unpaired) electrons. The summed E-state index contributed by atoms with van der Waals surface area (Å²) in [5.74, 6) is -4.62. The summed E-state index contributed by atoms with van der Waals surface area (Å²) in [4.78, 5) is 98.0. The highest BCUT2D eigenvalue weighted by molar-refractivity contribution is 5.92. The van der Waals surface area contributed by atoms with Crippen LogP contribution in [0.2, 0.25) is 0 Å². The standard InChI is InChI=1S/C48H78N6O10/c1-13-32(7)43(53(10)47(60)41(30(3)4)51-46(59)42(31(5)6)52(9)39(56)25-19-16-20-26-49-38(55)14-2)37(63-11)29-40(57)54-27-21-24-36(54)44(64-12)33(8)45(58)50-35(48(61)62)28-34-22-17-15-18-23-34/h14-15,17-18,22-23,30-33,35-37,41-44H,2,13,16,19-21,24-29H2,1,3-12H3,(H,49,55)(H,50,58)(H,51,59)(H,61,62)/t32-,33+,35-,36-,37+,41-,42-,43-,44+/m0/s1. The molecule has 6 amide bonds. The van der Waals surface area contributed by atoms with Gasteiger partial charge in [0.1, 0.15) is 18.1 Å². The van der Waals surface area contributed by atoms with E-state index in [-0.39, 0.29) is 60.6 Å². The first-order valence-corrected chi connectivity index (χ1v) is 22.9. The van der Waals surface area contributed by atoms with Crippen molar-refractivity contribution in [3.05, 3.63) is 48.6 Å². The third kappa shape index (κ3) is 16.0. The Kier molecular flexibility index (Phi) is 23.7. The van der Waals surface area contributed by atoms with Gasteiger partial charge in [-0.1, -0.05) is 98.2 Å². The van der Waals surface area contributed by atoms with Crippen LogP contribution in [0.5, 0.6) is 0 Å². The molecule has 0 unspecified atom stereocenters. The average molecular weight is 899 g/mol. The second-order valence-corrected chi connectivity index (χ2v) is 17.9. The van der Waals surface area contributed by atoms with E-state index in [2.05, 4.69) is 22.5 Å². The maximum Gasteiger partial charge on any atom is 0.326 e. The Bertz CT molecular complexity index is 1690. The molecule has 1 aromatic carbocycles. The highest BCUT2D eigenvalue weighted by atomic mass is 16.5. The van der Waals surface area contributed by atoms with Gasteiger partial charge in [-0.15, -0.1) is 0 Å². The second-order valence-electron chi connectivity index (χ2n) is 17.9. The molecule has 1 aliphatic rings. The van der Waals surface area contributed by atoms with Gasteiger partial charge in [-0.05, 0) is 55.1 Å². The molecule has 0 aliphatic carbocycles. The molecule has 0 bridgehead atoms. The van der Waals surface area contributed by atoms with Gasteiger partial charge in [0.2, 0.25) is 35.4 Å². The minimum atomic E-state index is -1.16. The number of aliphatic carboxylic acids is 1. The molecule has 1 heterocycles. The molecule has 0 spiro atoms. The summed E-state index contributed by atoms with van der Waals surface area (Å²) in [5.41, 5.74) is 0.767. The lowest BCUT2D eigenvalue weighted by atomic mass is 9.89. The van der Waals surface area contributed by atoms with Gasteiger partial charge in [0.15, 0.2) is 0 Å². The molecule has 64 heavy (non-hydrogen) atoms. The van der Waals surface area contributed by atoms with E-state index < -0.39 is 66.1 Å². The second kappa shape index (κ2) is 27.5. The lowest BCUT2D eigenvalue weighted by Gasteiger charge is -2.41. The molecule has 0 aromatic heterocycles. The van der Waals surface area contributed by atoms with Gasteiger partial charge in [-0.3, -0.25) is 28.8 Å². The van der Waals surface area contributed by atoms with E-state index in [4.69, 9.17) is 9.47 Å². The topological polar surface area (TPSA) is 204 Å². The number of hydrogen-bond donors (Lipinski definition) is 4. The smallest absolute Gasteiger partial charge is 0.326 e. The van der Waals surface area contributed by atoms with Gasteiger partial charge in [-0.25, -0.2) is 4.79 Å². The Hall–Kier alpha value is -4.83. The van der Waals surface area contributed by atoms with Gasteiger partial charge in [0.05, 0.1) is 36.6 Å². The summed E-state index contributed by atoms with van der Waals surface area (Å²) in [6.45, 7) is 17.4. The first-order valence-electron chi connectivity index (χ1n) is 22.9. The zero-order valence-electron chi connectivity index (χ0n) is 40.3. The Morgan fingerprint density at radius 1 is 0.891 bits per heavy atom. The summed E-state index contributed by atoms with van der Waals surface area (Å²) < 4.78 is 11.9. The van der Waals surface area contributed by atoms with Crippen LogP contribution in [0.25, 0.3) is 0 Å². The molecule has 1 aliphatic heterocycles. The molecule has 360 valence electrons. The van der Waals surface area contributed by atoms with E-state index >= 15 is 0 Å². The SMILES string of the molecule is C=CC(=O)NCCCCCC(=O)N(C)[C@H](C(=O)N[C@H](C(=O)N(C)[C@@H]([C@@H](C)CC)[C@@H](CC(=O)N1CCC[C@H]1[C@H](OC)[C@@H](C)C(=O)N[C@@H](Cc1ccccc1)C(=O)O)OC)C(C)C)C(C)C. The molecule has 0 saturated carbocycles. The molecule has 2 rings (SSSR count). The fourth-order valence-electron chi connectivity index (χ4n) is 8.75. The van der Waals surface area contributed by atoms with Crippen LogP contribution in [0.4, 0.5) is 0 Å². The quantitative estimate of drug-likeness (QED) is 0.0698. The van der Waals surface area contributed by atoms with Crippen molar-refractivity contribution in [1.29, 1.82) is 0 Å². The largest absolute Gasteiger partial charge is 0.480 e. The number of benzene rings is 1. The molecule has 16 nitrogen and oxygen atoms in total. The molecular weight excluding hydrogens is 821 g/mol. The van der Waals surface area contributed by atoms with Crippen molar-refractivity contribution in [2.45, 2.75) is 149 Å². The van der Waals surface area contributed by atoms with Crippen LogP contribution in [0.15, 0.2) is 43.0 Å². The predicted octanol–water partition coefficient (Wildman–Crippen LogP) is 4.21. The summed E-state index contributed by atoms with van der Waals surface area (Å²) >= 11 is 0. The minimum absolute atomic E-state index is 0.0701. The van der Waals surface area contributed by atoms with Crippen LogP contribution in [-0.4, -0.2) is 145 Å². The number of methoxy groups -OCH3 is 2. The van der Waals surface area contributed by atoms with Gasteiger partial charge < -0.3 is 45.2 Å². The molecule has 1 saturated heterocycles. The number of carbonyl (C=O) groups excluding carboxylic acids is 6. The van der Waals surface area contributed by atoms with Crippen LogP contribution < -0.4 is 16.0 Å². The first-order chi connectivity index (χ1) is 30.2. The zero-order chi connectivity index (χ0) is 48.3. The van der Waals surface area contributed by atoms with E-state index in [0.29, 0.717) is 51.6 Å². The number of carboxylic acid groups (broad SMARTS) is 1. The summed E-state index contributed by atoms with van der Waals surface area (Å²) in [6.07, 6.45) is 3.93.